The van der Waals surface area contributed by atoms with E-state index in [4.69, 9.17) is 0 Å². The molecule has 6 nitrogen and oxygen atoms in total. The van der Waals surface area contributed by atoms with Crippen LogP contribution < -0.4 is 10.6 Å². The highest BCUT2D eigenvalue weighted by Gasteiger charge is 2.12. The summed E-state index contributed by atoms with van der Waals surface area (Å²) < 4.78 is 1.80. The average molecular weight is 360 g/mol. The van der Waals surface area contributed by atoms with Crippen LogP contribution in [-0.2, 0) is 9.59 Å². The fourth-order valence-corrected chi connectivity index (χ4v) is 2.80. The predicted octanol–water partition coefficient (Wildman–Crippen LogP) is 3.47. The van der Waals surface area contributed by atoms with Crippen molar-refractivity contribution < 1.29 is 9.59 Å². The molecular weight excluding hydrogens is 336 g/mol. The van der Waals surface area contributed by atoms with E-state index in [0.717, 1.165) is 17.7 Å². The van der Waals surface area contributed by atoms with Gasteiger partial charge in [-0.3, -0.25) is 9.59 Å². The first-order valence-corrected chi connectivity index (χ1v) is 9.42. The quantitative estimate of drug-likeness (QED) is 0.756. The largest absolute Gasteiger partial charge is 0.325 e. The second-order valence-corrected chi connectivity index (χ2v) is 6.86. The summed E-state index contributed by atoms with van der Waals surface area (Å²) in [6, 6.07) is 9.60. The molecule has 0 aliphatic carbocycles. The first-order valence-electron chi connectivity index (χ1n) is 8.27. The molecule has 0 fully saturated rings. The molecule has 0 aliphatic rings. The highest BCUT2D eigenvalue weighted by atomic mass is 32.2. The molecule has 1 atom stereocenters. The highest BCUT2D eigenvalue weighted by Crippen LogP contribution is 2.17. The lowest BCUT2D eigenvalue weighted by Gasteiger charge is -2.14. The van der Waals surface area contributed by atoms with E-state index in [1.54, 1.807) is 16.9 Å². The second-order valence-electron chi connectivity index (χ2n) is 5.87. The number of aromatic nitrogens is 2. The topological polar surface area (TPSA) is 76.0 Å². The Hall–Kier alpha value is -2.28. The molecule has 134 valence electrons. The fourth-order valence-electron chi connectivity index (χ4n) is 2.19. The standard InChI is InChI=1S/C18H24N4O2S/c1-4-14(3)22-16(9-10-19-22)21-18(24)12-25-11-17(23)20-15-7-5-13(2)6-8-15/h5-10,14H,4,11-12H2,1-3H3,(H,20,23)(H,21,24). The van der Waals surface area contributed by atoms with Crippen molar-refractivity contribution in [3.63, 3.8) is 0 Å². The zero-order chi connectivity index (χ0) is 18.2. The van der Waals surface area contributed by atoms with Gasteiger partial charge in [0, 0.05) is 11.8 Å². The number of hydrogen-bond acceptors (Lipinski definition) is 4. The number of hydrogen-bond donors (Lipinski definition) is 2. The van der Waals surface area contributed by atoms with Gasteiger partial charge < -0.3 is 10.6 Å². The Morgan fingerprint density at radius 2 is 1.76 bits per heavy atom. The summed E-state index contributed by atoms with van der Waals surface area (Å²) in [5, 5.41) is 9.89. The molecule has 1 aromatic carbocycles. The number of rotatable bonds is 8. The molecule has 0 radical (unpaired) electrons. The third kappa shape index (κ3) is 5.94. The van der Waals surface area contributed by atoms with Crippen molar-refractivity contribution in [1.29, 1.82) is 0 Å². The van der Waals surface area contributed by atoms with Crippen LogP contribution in [0.15, 0.2) is 36.5 Å². The van der Waals surface area contributed by atoms with E-state index in [9.17, 15) is 9.59 Å². The molecule has 1 heterocycles. The molecule has 0 saturated carbocycles. The minimum absolute atomic E-state index is 0.119. The van der Waals surface area contributed by atoms with Crippen molar-refractivity contribution in [3.8, 4) is 0 Å². The van der Waals surface area contributed by atoms with Gasteiger partial charge in [0.15, 0.2) is 0 Å². The minimum atomic E-state index is -0.141. The van der Waals surface area contributed by atoms with Gasteiger partial charge in [0.25, 0.3) is 0 Å². The smallest absolute Gasteiger partial charge is 0.235 e. The molecule has 25 heavy (non-hydrogen) atoms. The van der Waals surface area contributed by atoms with E-state index in [2.05, 4.69) is 22.7 Å². The Labute approximate surface area is 152 Å². The van der Waals surface area contributed by atoms with Crippen molar-refractivity contribution in [2.45, 2.75) is 33.2 Å². The molecule has 2 rings (SSSR count). The van der Waals surface area contributed by atoms with Gasteiger partial charge in [0.2, 0.25) is 11.8 Å². The number of carbonyl (C=O) groups is 2. The van der Waals surface area contributed by atoms with Crippen LogP contribution in [0, 0.1) is 6.92 Å². The number of nitrogens with one attached hydrogen (secondary N) is 2. The molecular formula is C18H24N4O2S. The number of thioether (sulfide) groups is 1. The molecule has 2 aromatic rings. The molecule has 7 heteroatoms. The van der Waals surface area contributed by atoms with Gasteiger partial charge in [-0.25, -0.2) is 4.68 Å². The van der Waals surface area contributed by atoms with Crippen LogP contribution >= 0.6 is 11.8 Å². The Balaban J connectivity index is 1.74. The third-order valence-corrected chi connectivity index (χ3v) is 4.68. The molecule has 0 spiro atoms. The zero-order valence-corrected chi connectivity index (χ0v) is 15.6. The monoisotopic (exact) mass is 360 g/mol. The molecule has 0 saturated heterocycles. The summed E-state index contributed by atoms with van der Waals surface area (Å²) in [4.78, 5) is 23.9. The normalized spacial score (nSPS) is 11.8. The third-order valence-electron chi connectivity index (χ3n) is 3.75. The highest BCUT2D eigenvalue weighted by molar-refractivity contribution is 8.00. The number of amides is 2. The van der Waals surface area contributed by atoms with Gasteiger partial charge in [0.1, 0.15) is 5.82 Å². The van der Waals surface area contributed by atoms with E-state index < -0.39 is 0 Å². The first kappa shape index (κ1) is 19.1. The van der Waals surface area contributed by atoms with Gasteiger partial charge in [-0.15, -0.1) is 11.8 Å². The molecule has 0 bridgehead atoms. The summed E-state index contributed by atoms with van der Waals surface area (Å²) in [5.41, 5.74) is 1.90. The summed E-state index contributed by atoms with van der Waals surface area (Å²) in [5.74, 6) is 0.868. The lowest BCUT2D eigenvalue weighted by molar-refractivity contribution is -0.114. The number of nitrogens with zero attached hydrogens (tertiary/aromatic N) is 2. The molecule has 2 N–H and O–H groups in total. The van der Waals surface area contributed by atoms with Gasteiger partial charge in [-0.1, -0.05) is 24.6 Å². The summed E-state index contributed by atoms with van der Waals surface area (Å²) in [6.07, 6.45) is 2.60. The number of carbonyl (C=O) groups excluding carboxylic acids is 2. The first-order chi connectivity index (χ1) is 12.0. The van der Waals surface area contributed by atoms with Crippen molar-refractivity contribution >= 4 is 35.1 Å². The van der Waals surface area contributed by atoms with Crippen LogP contribution in [0.3, 0.4) is 0 Å². The lowest BCUT2D eigenvalue weighted by Crippen LogP contribution is -2.20. The van der Waals surface area contributed by atoms with Gasteiger partial charge in [0.05, 0.1) is 23.7 Å². The lowest BCUT2D eigenvalue weighted by atomic mass is 10.2. The zero-order valence-electron chi connectivity index (χ0n) is 14.8. The van der Waals surface area contributed by atoms with Crippen LogP contribution in [0.25, 0.3) is 0 Å². The maximum atomic E-state index is 12.0. The number of benzene rings is 1. The van der Waals surface area contributed by atoms with E-state index in [1.165, 1.54) is 11.8 Å². The second kappa shape index (κ2) is 9.27. The van der Waals surface area contributed by atoms with Crippen molar-refractivity contribution in [1.82, 2.24) is 9.78 Å². The van der Waals surface area contributed by atoms with E-state index >= 15 is 0 Å². The van der Waals surface area contributed by atoms with Crippen LogP contribution in [-0.4, -0.2) is 33.1 Å². The SMILES string of the molecule is CCC(C)n1nccc1NC(=O)CSCC(=O)Nc1ccc(C)cc1. The van der Waals surface area contributed by atoms with E-state index in [-0.39, 0.29) is 29.4 Å². The van der Waals surface area contributed by atoms with E-state index in [0.29, 0.717) is 5.82 Å². The maximum absolute atomic E-state index is 12.0. The Morgan fingerprint density at radius 3 is 2.40 bits per heavy atom. The molecule has 2 amide bonds. The molecule has 1 unspecified atom stereocenters. The van der Waals surface area contributed by atoms with Crippen LogP contribution in [0.5, 0.6) is 0 Å². The van der Waals surface area contributed by atoms with Gasteiger partial charge in [-0.2, -0.15) is 5.10 Å². The van der Waals surface area contributed by atoms with Gasteiger partial charge in [-0.05, 0) is 32.4 Å². The summed E-state index contributed by atoms with van der Waals surface area (Å²) >= 11 is 1.28. The van der Waals surface area contributed by atoms with Crippen molar-refractivity contribution in [2.75, 3.05) is 22.1 Å². The van der Waals surface area contributed by atoms with Gasteiger partial charge >= 0.3 is 0 Å². The molecule has 1 aromatic heterocycles. The Morgan fingerprint density at radius 1 is 1.12 bits per heavy atom. The van der Waals surface area contributed by atoms with Crippen LogP contribution in [0.1, 0.15) is 31.9 Å². The summed E-state index contributed by atoms with van der Waals surface area (Å²) in [6.45, 7) is 6.11. The van der Waals surface area contributed by atoms with Crippen molar-refractivity contribution in [3.05, 3.63) is 42.1 Å². The van der Waals surface area contributed by atoms with Crippen molar-refractivity contribution in [2.24, 2.45) is 0 Å². The number of aryl methyl sites for hydroxylation is 1. The molecule has 0 aliphatic heterocycles. The Kier molecular flexibility index (Phi) is 7.06. The maximum Gasteiger partial charge on any atom is 0.235 e. The average Bonchev–Trinajstić information content (AvgIpc) is 3.04. The van der Waals surface area contributed by atoms with E-state index in [1.807, 2.05) is 38.1 Å². The number of anilines is 2. The fraction of sp³-hybridized carbons (Fsp3) is 0.389. The minimum Gasteiger partial charge on any atom is -0.325 e. The van der Waals surface area contributed by atoms with Crippen LogP contribution in [0.4, 0.5) is 11.5 Å². The Bertz CT molecular complexity index is 712. The van der Waals surface area contributed by atoms with Crippen LogP contribution in [0.2, 0.25) is 0 Å². The summed E-state index contributed by atoms with van der Waals surface area (Å²) in [7, 11) is 0. The predicted molar refractivity (Wildman–Crippen MR) is 103 cm³/mol.